The molecule has 0 heterocycles. The third kappa shape index (κ3) is 1.48. The highest BCUT2D eigenvalue weighted by atomic mass is 35.5. The van der Waals surface area contributed by atoms with Crippen molar-refractivity contribution in [2.24, 2.45) is 5.73 Å². The van der Waals surface area contributed by atoms with Crippen LogP contribution in [-0.4, -0.2) is 13.0 Å². The minimum Gasteiger partial charge on any atom is -0.497 e. The van der Waals surface area contributed by atoms with Crippen molar-refractivity contribution in [3.63, 3.8) is 0 Å². The molecule has 0 aromatic heterocycles. The first kappa shape index (κ1) is 10.6. The van der Waals surface area contributed by atoms with Crippen molar-refractivity contribution in [1.29, 1.82) is 0 Å². The summed E-state index contributed by atoms with van der Waals surface area (Å²) < 4.78 is 31.0. The molecule has 1 aliphatic carbocycles. The molecule has 1 aliphatic rings. The Kier molecular flexibility index (Phi) is 2.17. The second-order valence-electron chi connectivity index (χ2n) is 3.70. The van der Waals surface area contributed by atoms with Gasteiger partial charge in [0.05, 0.1) is 7.11 Å². The summed E-state index contributed by atoms with van der Waals surface area (Å²) in [5.41, 5.74) is 4.24. The summed E-state index contributed by atoms with van der Waals surface area (Å²) in [6, 6.07) is 4.55. The molecule has 0 aliphatic heterocycles. The molecule has 2 nitrogen and oxygen atoms in total. The molecule has 0 spiro atoms. The third-order valence-corrected chi connectivity index (χ3v) is 3.00. The number of hydrogen-bond donors (Lipinski definition) is 1. The zero-order valence-electron chi connectivity index (χ0n) is 8.06. The Morgan fingerprint density at radius 3 is 2.47 bits per heavy atom. The second kappa shape index (κ2) is 3.06. The Labute approximate surface area is 91.0 Å². The molecule has 1 saturated carbocycles. The van der Waals surface area contributed by atoms with Crippen LogP contribution in [0.25, 0.3) is 0 Å². The van der Waals surface area contributed by atoms with Crippen molar-refractivity contribution >= 4 is 11.6 Å². The Morgan fingerprint density at radius 2 is 2.07 bits per heavy atom. The summed E-state index contributed by atoms with van der Waals surface area (Å²) in [6.07, 6.45) is -0.355. The molecule has 0 radical (unpaired) electrons. The van der Waals surface area contributed by atoms with Gasteiger partial charge in [0.25, 0.3) is 5.92 Å². The molecule has 1 aromatic carbocycles. The number of alkyl halides is 2. The molecule has 1 unspecified atom stereocenters. The van der Waals surface area contributed by atoms with Gasteiger partial charge in [-0.25, -0.2) is 8.78 Å². The molecule has 5 heteroatoms. The van der Waals surface area contributed by atoms with Crippen molar-refractivity contribution < 1.29 is 13.5 Å². The van der Waals surface area contributed by atoms with Crippen molar-refractivity contribution in [2.45, 2.75) is 17.9 Å². The van der Waals surface area contributed by atoms with Crippen LogP contribution in [0.1, 0.15) is 12.0 Å². The zero-order valence-corrected chi connectivity index (χ0v) is 8.81. The smallest absolute Gasteiger partial charge is 0.272 e. The van der Waals surface area contributed by atoms with Crippen LogP contribution >= 0.6 is 11.6 Å². The number of rotatable bonds is 2. The molecule has 1 fully saturated rings. The molecule has 1 aromatic rings. The fraction of sp³-hybridized carbons (Fsp3) is 0.400. The Balaban J connectivity index is 2.39. The Morgan fingerprint density at radius 1 is 1.47 bits per heavy atom. The van der Waals surface area contributed by atoms with E-state index in [1.165, 1.54) is 19.2 Å². The summed E-state index contributed by atoms with van der Waals surface area (Å²) in [5.74, 6) is -2.33. The maximum Gasteiger partial charge on any atom is 0.272 e. The molecule has 15 heavy (non-hydrogen) atoms. The Hall–Kier alpha value is -0.870. The monoisotopic (exact) mass is 233 g/mol. The number of hydrogen-bond acceptors (Lipinski definition) is 2. The predicted octanol–water partition coefficient (Wildman–Crippen LogP) is 2.54. The first-order valence-electron chi connectivity index (χ1n) is 4.41. The summed E-state index contributed by atoms with van der Waals surface area (Å²) in [7, 11) is 1.48. The molecule has 0 bridgehead atoms. The van der Waals surface area contributed by atoms with Crippen molar-refractivity contribution in [2.75, 3.05) is 7.11 Å². The number of nitrogens with two attached hydrogens (primary N) is 1. The molecular formula is C10H10ClF2NO. The van der Waals surface area contributed by atoms with Gasteiger partial charge in [-0.1, -0.05) is 17.7 Å². The van der Waals surface area contributed by atoms with Gasteiger partial charge >= 0.3 is 0 Å². The summed E-state index contributed by atoms with van der Waals surface area (Å²) in [4.78, 5) is 0. The lowest BCUT2D eigenvalue weighted by molar-refractivity contribution is 0.0891. The normalized spacial score (nSPS) is 27.5. The van der Waals surface area contributed by atoms with Gasteiger partial charge in [0, 0.05) is 11.4 Å². The van der Waals surface area contributed by atoms with E-state index in [9.17, 15) is 8.78 Å². The minimum atomic E-state index is -2.86. The van der Waals surface area contributed by atoms with Gasteiger partial charge in [0.15, 0.2) is 0 Å². The quantitative estimate of drug-likeness (QED) is 0.852. The molecule has 2 rings (SSSR count). The van der Waals surface area contributed by atoms with Crippen molar-refractivity contribution in [1.82, 2.24) is 0 Å². The van der Waals surface area contributed by atoms with Crippen LogP contribution in [0.4, 0.5) is 8.78 Å². The van der Waals surface area contributed by atoms with E-state index < -0.39 is 11.5 Å². The van der Waals surface area contributed by atoms with Crippen LogP contribution in [0.5, 0.6) is 5.75 Å². The lowest BCUT2D eigenvalue weighted by Crippen LogP contribution is -2.27. The molecule has 1 atom stereocenters. The predicted molar refractivity (Wildman–Crippen MR) is 53.4 cm³/mol. The Bertz CT molecular complexity index is 410. The zero-order chi connectivity index (χ0) is 11.3. The van der Waals surface area contributed by atoms with Gasteiger partial charge < -0.3 is 10.5 Å². The lowest BCUT2D eigenvalue weighted by Gasteiger charge is -2.13. The molecule has 0 amide bonds. The highest BCUT2D eigenvalue weighted by molar-refractivity contribution is 6.31. The number of ether oxygens (including phenoxy) is 1. The van der Waals surface area contributed by atoms with Gasteiger partial charge in [-0.2, -0.15) is 0 Å². The van der Waals surface area contributed by atoms with Gasteiger partial charge in [0.2, 0.25) is 0 Å². The van der Waals surface area contributed by atoms with E-state index in [-0.39, 0.29) is 17.0 Å². The maximum atomic E-state index is 13.0. The van der Waals surface area contributed by atoms with Gasteiger partial charge in [-0.15, -0.1) is 0 Å². The van der Waals surface area contributed by atoms with Crippen LogP contribution in [0.15, 0.2) is 18.2 Å². The largest absolute Gasteiger partial charge is 0.497 e. The number of methoxy groups -OCH3 is 1. The average molecular weight is 234 g/mol. The van der Waals surface area contributed by atoms with E-state index in [1.807, 2.05) is 0 Å². The SMILES string of the molecule is COc1ccc(C2(N)CC2(F)F)c(Cl)c1. The van der Waals surface area contributed by atoms with E-state index >= 15 is 0 Å². The summed E-state index contributed by atoms with van der Waals surface area (Å²) in [6.45, 7) is 0. The first-order valence-corrected chi connectivity index (χ1v) is 4.79. The van der Waals surface area contributed by atoms with Crippen LogP contribution in [0, 0.1) is 0 Å². The fourth-order valence-corrected chi connectivity index (χ4v) is 1.92. The highest BCUT2D eigenvalue weighted by Gasteiger charge is 2.70. The number of benzene rings is 1. The van der Waals surface area contributed by atoms with Crippen molar-refractivity contribution in [3.8, 4) is 5.75 Å². The van der Waals surface area contributed by atoms with E-state index in [2.05, 4.69) is 0 Å². The molecular weight excluding hydrogens is 224 g/mol. The summed E-state index contributed by atoms with van der Waals surface area (Å²) in [5, 5.41) is 0.217. The fourth-order valence-electron chi connectivity index (χ4n) is 1.58. The first-order chi connectivity index (χ1) is 6.90. The van der Waals surface area contributed by atoms with Crippen LogP contribution < -0.4 is 10.5 Å². The van der Waals surface area contributed by atoms with Gasteiger partial charge in [0.1, 0.15) is 11.3 Å². The maximum absolute atomic E-state index is 13.0. The lowest BCUT2D eigenvalue weighted by atomic mass is 10.1. The van der Waals surface area contributed by atoms with E-state index in [0.29, 0.717) is 5.75 Å². The van der Waals surface area contributed by atoms with Crippen LogP contribution in [-0.2, 0) is 5.54 Å². The highest BCUT2D eigenvalue weighted by Crippen LogP contribution is 2.58. The van der Waals surface area contributed by atoms with E-state index in [0.717, 1.165) is 0 Å². The van der Waals surface area contributed by atoms with Crippen molar-refractivity contribution in [3.05, 3.63) is 28.8 Å². The summed E-state index contributed by atoms with van der Waals surface area (Å²) >= 11 is 5.87. The third-order valence-electron chi connectivity index (χ3n) is 2.69. The van der Waals surface area contributed by atoms with E-state index in [4.69, 9.17) is 22.1 Å². The minimum absolute atomic E-state index is 0.217. The topological polar surface area (TPSA) is 35.2 Å². The van der Waals surface area contributed by atoms with E-state index in [1.54, 1.807) is 6.07 Å². The number of halogens is 3. The standard InChI is InChI=1S/C10H10ClF2NO/c1-15-6-2-3-7(8(11)4-6)9(14)5-10(9,12)13/h2-4H,5,14H2,1H3. The van der Waals surface area contributed by atoms with Crippen LogP contribution in [0.3, 0.4) is 0 Å². The molecule has 0 saturated heterocycles. The van der Waals surface area contributed by atoms with Gasteiger partial charge in [-0.3, -0.25) is 0 Å². The van der Waals surface area contributed by atoms with Crippen LogP contribution in [0.2, 0.25) is 5.02 Å². The van der Waals surface area contributed by atoms with Gasteiger partial charge in [-0.05, 0) is 17.7 Å². The molecule has 82 valence electrons. The average Bonchev–Trinajstić information content (AvgIpc) is 2.66. The molecule has 2 N–H and O–H groups in total. The second-order valence-corrected chi connectivity index (χ2v) is 4.11.